The zero-order valence-corrected chi connectivity index (χ0v) is 13.9. The first kappa shape index (κ1) is 14.8. The Balaban J connectivity index is 1.91. The molecule has 3 aromatic rings. The van der Waals surface area contributed by atoms with Crippen molar-refractivity contribution in [2.24, 2.45) is 0 Å². The van der Waals surface area contributed by atoms with Gasteiger partial charge in [0.15, 0.2) is 0 Å². The number of carbonyl (C=O) groups excluding carboxylic acids is 1. The number of ketones is 1. The van der Waals surface area contributed by atoms with E-state index < -0.39 is 13.9 Å². The van der Waals surface area contributed by atoms with Gasteiger partial charge in [-0.3, -0.25) is 0 Å². The first-order chi connectivity index (χ1) is 10.8. The third-order valence-corrected chi connectivity index (χ3v) is 8.11. The van der Waals surface area contributed by atoms with Crippen LogP contribution in [-0.2, 0) is 0 Å². The van der Waals surface area contributed by atoms with E-state index in [1.54, 1.807) is 0 Å². The van der Waals surface area contributed by atoms with E-state index in [1.807, 2.05) is 42.5 Å². The number of carbonyl (C=O) groups is 1. The molecule has 0 radical (unpaired) electrons. The third-order valence-electron chi connectivity index (χ3n) is 3.43. The topological polar surface area (TPSA) is 17.1 Å². The van der Waals surface area contributed by atoms with Gasteiger partial charge in [0.25, 0.3) is 0 Å². The van der Waals surface area contributed by atoms with Crippen molar-refractivity contribution in [3.63, 3.8) is 0 Å². The van der Waals surface area contributed by atoms with Crippen molar-refractivity contribution in [2.75, 3.05) is 0 Å². The van der Waals surface area contributed by atoms with Crippen LogP contribution in [0.25, 0.3) is 0 Å². The number of benzene rings is 3. The van der Waals surface area contributed by atoms with Gasteiger partial charge in [-0.2, -0.15) is 0 Å². The van der Waals surface area contributed by atoms with Gasteiger partial charge in [0.1, 0.15) is 0 Å². The molecule has 0 aliphatic heterocycles. The zero-order valence-electron chi connectivity index (χ0n) is 12.2. The van der Waals surface area contributed by atoms with Crippen LogP contribution < -0.4 is 8.92 Å². The SMILES string of the molecule is O=C(C[Se+](c1ccccc1)c1ccccc1)c1ccccc1. The van der Waals surface area contributed by atoms with Gasteiger partial charge in [-0.05, 0) is 0 Å². The van der Waals surface area contributed by atoms with Crippen LogP contribution in [0.3, 0.4) is 0 Å². The van der Waals surface area contributed by atoms with Gasteiger partial charge in [0, 0.05) is 0 Å². The van der Waals surface area contributed by atoms with Crippen LogP contribution in [0.1, 0.15) is 10.4 Å². The van der Waals surface area contributed by atoms with Crippen molar-refractivity contribution >= 4 is 28.6 Å². The van der Waals surface area contributed by atoms with Crippen molar-refractivity contribution < 1.29 is 4.79 Å². The molecule has 0 aliphatic rings. The predicted molar refractivity (Wildman–Crippen MR) is 93.5 cm³/mol. The summed E-state index contributed by atoms with van der Waals surface area (Å²) in [6, 6.07) is 30.5. The zero-order chi connectivity index (χ0) is 15.2. The molecule has 1 nitrogen and oxygen atoms in total. The van der Waals surface area contributed by atoms with Crippen LogP contribution in [0.15, 0.2) is 91.0 Å². The van der Waals surface area contributed by atoms with Crippen molar-refractivity contribution in [2.45, 2.75) is 5.32 Å². The van der Waals surface area contributed by atoms with Crippen molar-refractivity contribution in [3.8, 4) is 0 Å². The van der Waals surface area contributed by atoms with Crippen LogP contribution in [0.4, 0.5) is 0 Å². The summed E-state index contributed by atoms with van der Waals surface area (Å²) < 4.78 is 2.61. The first-order valence-corrected chi connectivity index (χ1v) is 10.2. The van der Waals surface area contributed by atoms with Crippen LogP contribution in [0, 0.1) is 0 Å². The normalized spacial score (nSPS) is 10.6. The summed E-state index contributed by atoms with van der Waals surface area (Å²) in [5.41, 5.74) is 0.808. The average molecular weight is 352 g/mol. The Morgan fingerprint density at radius 3 is 1.50 bits per heavy atom. The number of rotatable bonds is 5. The summed E-state index contributed by atoms with van der Waals surface area (Å²) in [7, 11) is 0. The second-order valence-electron chi connectivity index (χ2n) is 4.95. The van der Waals surface area contributed by atoms with Crippen molar-refractivity contribution in [1.29, 1.82) is 0 Å². The summed E-state index contributed by atoms with van der Waals surface area (Å²) in [6.45, 7) is 0. The van der Waals surface area contributed by atoms with Gasteiger partial charge in [0.2, 0.25) is 0 Å². The van der Waals surface area contributed by atoms with Gasteiger partial charge in [0.05, 0.1) is 0 Å². The molecule has 0 aliphatic carbocycles. The van der Waals surface area contributed by atoms with Crippen molar-refractivity contribution in [1.82, 2.24) is 0 Å². The van der Waals surface area contributed by atoms with E-state index >= 15 is 0 Å². The van der Waals surface area contributed by atoms with E-state index in [-0.39, 0.29) is 5.78 Å². The fraction of sp³-hybridized carbons (Fsp3) is 0.0500. The summed E-state index contributed by atoms with van der Waals surface area (Å²) in [5, 5.41) is 0.609. The fourth-order valence-corrected chi connectivity index (χ4v) is 6.52. The molecule has 22 heavy (non-hydrogen) atoms. The molecular weight excluding hydrogens is 335 g/mol. The Bertz CT molecular complexity index is 684. The second-order valence-corrected chi connectivity index (χ2v) is 9.17. The predicted octanol–water partition coefficient (Wildman–Crippen LogP) is 3.18. The molecule has 2 heteroatoms. The molecule has 0 fully saturated rings. The van der Waals surface area contributed by atoms with Crippen LogP contribution in [-0.4, -0.2) is 19.7 Å². The quantitative estimate of drug-likeness (QED) is 0.509. The molecule has 3 rings (SSSR count). The molecule has 0 unspecified atom stereocenters. The van der Waals surface area contributed by atoms with Gasteiger partial charge in [-0.15, -0.1) is 0 Å². The van der Waals surface area contributed by atoms with Gasteiger partial charge >= 0.3 is 135 Å². The molecule has 0 atom stereocenters. The monoisotopic (exact) mass is 353 g/mol. The number of hydrogen-bond donors (Lipinski definition) is 0. The Morgan fingerprint density at radius 1 is 0.636 bits per heavy atom. The second kappa shape index (κ2) is 7.22. The van der Waals surface area contributed by atoms with Gasteiger partial charge in [-0.25, -0.2) is 0 Å². The van der Waals surface area contributed by atoms with E-state index in [2.05, 4.69) is 48.5 Å². The Morgan fingerprint density at radius 2 is 1.05 bits per heavy atom. The van der Waals surface area contributed by atoms with E-state index in [9.17, 15) is 4.79 Å². The number of Topliss-reactive ketones (excluding diaryl/α,β-unsaturated/α-hetero) is 1. The molecule has 0 saturated heterocycles. The summed E-state index contributed by atoms with van der Waals surface area (Å²) >= 11 is -1.37. The summed E-state index contributed by atoms with van der Waals surface area (Å²) in [5.74, 6) is 0.235. The van der Waals surface area contributed by atoms with Crippen LogP contribution in [0.5, 0.6) is 0 Å². The molecule has 0 aromatic heterocycles. The Labute approximate surface area is 135 Å². The molecule has 108 valence electrons. The molecule has 0 bridgehead atoms. The van der Waals surface area contributed by atoms with E-state index in [0.29, 0.717) is 5.32 Å². The molecule has 0 heterocycles. The maximum absolute atomic E-state index is 12.6. The fourth-order valence-electron chi connectivity index (χ4n) is 2.31. The summed E-state index contributed by atoms with van der Waals surface area (Å²) in [6.07, 6.45) is 0. The van der Waals surface area contributed by atoms with E-state index in [0.717, 1.165) is 5.56 Å². The van der Waals surface area contributed by atoms with Gasteiger partial charge < -0.3 is 0 Å². The molecular formula is C20H17OSe+. The third kappa shape index (κ3) is 3.54. The first-order valence-electron chi connectivity index (χ1n) is 7.24. The van der Waals surface area contributed by atoms with E-state index in [4.69, 9.17) is 0 Å². The van der Waals surface area contributed by atoms with Crippen molar-refractivity contribution in [3.05, 3.63) is 96.6 Å². The van der Waals surface area contributed by atoms with E-state index in [1.165, 1.54) is 8.92 Å². The average Bonchev–Trinajstić information content (AvgIpc) is 2.62. The molecule has 0 spiro atoms. The molecule has 0 N–H and O–H groups in total. The Kier molecular flexibility index (Phi) is 4.85. The minimum atomic E-state index is -1.37. The Hall–Kier alpha value is -2.15. The van der Waals surface area contributed by atoms with Crippen LogP contribution >= 0.6 is 0 Å². The molecule has 0 saturated carbocycles. The maximum atomic E-state index is 12.6. The van der Waals surface area contributed by atoms with Crippen LogP contribution in [0.2, 0.25) is 5.32 Å². The minimum absolute atomic E-state index is 0.235. The molecule has 3 aromatic carbocycles. The molecule has 0 amide bonds. The summed E-state index contributed by atoms with van der Waals surface area (Å²) in [4.78, 5) is 12.6. The standard InChI is InChI=1S/C20H17OSe/c21-20(17-10-4-1-5-11-17)16-22(18-12-6-2-7-13-18)19-14-8-3-9-15-19/h1-15H,16H2/q+1. The van der Waals surface area contributed by atoms with Gasteiger partial charge in [-0.1, -0.05) is 0 Å². The number of hydrogen-bond acceptors (Lipinski definition) is 1.